The van der Waals surface area contributed by atoms with Gasteiger partial charge in [0.15, 0.2) is 0 Å². The van der Waals surface area contributed by atoms with E-state index in [9.17, 15) is 20.1 Å². The number of carbonyl (C=O) groups excluding carboxylic acids is 1. The van der Waals surface area contributed by atoms with Gasteiger partial charge in [0.1, 0.15) is 29.4 Å². The lowest BCUT2D eigenvalue weighted by atomic mass is 10.0. The average Bonchev–Trinajstić information content (AvgIpc) is 3.27. The quantitative estimate of drug-likeness (QED) is 0.536. The molecule has 176 valence electrons. The Kier molecular flexibility index (Phi) is 6.02. The minimum atomic E-state index is -0.360. The summed E-state index contributed by atoms with van der Waals surface area (Å²) in [5.41, 5.74) is 4.11. The van der Waals surface area contributed by atoms with Gasteiger partial charge in [-0.25, -0.2) is 0 Å². The number of phenolic OH excluding ortho intramolecular Hbond substituents is 2. The van der Waals surface area contributed by atoms with Crippen LogP contribution in [0, 0.1) is 0 Å². The first-order valence-electron chi connectivity index (χ1n) is 11.6. The van der Waals surface area contributed by atoms with Gasteiger partial charge in [0.25, 0.3) is 5.91 Å². The fourth-order valence-electron chi connectivity index (χ4n) is 4.83. The molecule has 3 aromatic rings. The number of amides is 1. The van der Waals surface area contributed by atoms with Crippen molar-refractivity contribution in [2.75, 3.05) is 18.0 Å². The van der Waals surface area contributed by atoms with E-state index in [1.807, 2.05) is 48.5 Å². The van der Waals surface area contributed by atoms with Crippen molar-refractivity contribution in [1.29, 1.82) is 0 Å². The van der Waals surface area contributed by atoms with E-state index in [1.165, 1.54) is 6.07 Å². The summed E-state index contributed by atoms with van der Waals surface area (Å²) in [7, 11) is 0. The molecule has 34 heavy (non-hydrogen) atoms. The third-order valence-corrected chi connectivity index (χ3v) is 6.50. The first-order valence-corrected chi connectivity index (χ1v) is 11.6. The van der Waals surface area contributed by atoms with Gasteiger partial charge in [-0.1, -0.05) is 42.5 Å². The van der Waals surface area contributed by atoms with Gasteiger partial charge in [-0.2, -0.15) is 0 Å². The largest absolute Gasteiger partial charge is 0.508 e. The van der Waals surface area contributed by atoms with E-state index in [2.05, 4.69) is 4.90 Å². The number of fused-ring (bicyclic) bond motifs is 1. The number of carbonyl (C=O) groups is 1. The van der Waals surface area contributed by atoms with E-state index >= 15 is 0 Å². The maximum atomic E-state index is 13.6. The number of aromatic hydroxyl groups is 2. The van der Waals surface area contributed by atoms with Gasteiger partial charge in [-0.3, -0.25) is 4.79 Å². The van der Waals surface area contributed by atoms with Gasteiger partial charge in [0, 0.05) is 44.0 Å². The number of piperidine rings is 1. The molecule has 3 N–H and O–H groups in total. The van der Waals surface area contributed by atoms with Crippen LogP contribution in [0.1, 0.15) is 39.9 Å². The topological polar surface area (TPSA) is 93.5 Å². The van der Waals surface area contributed by atoms with Crippen LogP contribution in [0.3, 0.4) is 0 Å². The van der Waals surface area contributed by atoms with Crippen molar-refractivity contribution in [1.82, 2.24) is 4.90 Å². The molecule has 7 heteroatoms. The van der Waals surface area contributed by atoms with E-state index < -0.39 is 0 Å². The molecule has 7 nitrogen and oxygen atoms in total. The number of aliphatic hydroxyl groups is 1. The molecule has 1 amide bonds. The van der Waals surface area contributed by atoms with Gasteiger partial charge in [0.2, 0.25) is 0 Å². The first kappa shape index (κ1) is 22.1. The monoisotopic (exact) mass is 460 g/mol. The number of β-amino-alcohol motifs (C(OH)–C–C–N with tert-alkyl or cyclic N) is 1. The summed E-state index contributed by atoms with van der Waals surface area (Å²) in [5, 5.41) is 30.7. The zero-order chi connectivity index (χ0) is 23.7. The second-order valence-corrected chi connectivity index (χ2v) is 8.93. The van der Waals surface area contributed by atoms with E-state index in [0.29, 0.717) is 19.6 Å². The molecule has 2 aliphatic rings. The predicted octanol–water partition coefficient (Wildman–Crippen LogP) is 3.79. The Labute approximate surface area is 198 Å². The number of rotatable bonds is 5. The van der Waals surface area contributed by atoms with Gasteiger partial charge in [-0.05, 0) is 35.6 Å². The number of hydrogen-bond acceptors (Lipinski definition) is 6. The molecule has 1 saturated heterocycles. The molecule has 0 aromatic heterocycles. The van der Waals surface area contributed by atoms with Crippen molar-refractivity contribution < 1.29 is 24.9 Å². The van der Waals surface area contributed by atoms with Crippen molar-refractivity contribution in [2.24, 2.45) is 0 Å². The summed E-state index contributed by atoms with van der Waals surface area (Å²) in [5.74, 6) is -0.709. The number of anilines is 1. The van der Waals surface area contributed by atoms with E-state index in [1.54, 1.807) is 4.90 Å². The lowest BCUT2D eigenvalue weighted by Crippen LogP contribution is -2.38. The van der Waals surface area contributed by atoms with Crippen molar-refractivity contribution in [3.05, 3.63) is 82.9 Å². The minimum Gasteiger partial charge on any atom is -0.508 e. The lowest BCUT2D eigenvalue weighted by molar-refractivity contribution is 0.0743. The molecule has 0 spiro atoms. The molecule has 1 unspecified atom stereocenters. The minimum absolute atomic E-state index is 0.0384. The lowest BCUT2D eigenvalue weighted by Gasteiger charge is -2.33. The van der Waals surface area contributed by atoms with Crippen LogP contribution in [0.15, 0.2) is 60.7 Å². The van der Waals surface area contributed by atoms with E-state index in [0.717, 1.165) is 47.8 Å². The van der Waals surface area contributed by atoms with Crippen molar-refractivity contribution in [3.8, 4) is 17.2 Å². The maximum absolute atomic E-state index is 13.6. The van der Waals surface area contributed by atoms with Crippen molar-refractivity contribution in [3.63, 3.8) is 0 Å². The number of ether oxygens (including phenoxy) is 1. The molecule has 0 bridgehead atoms. The molecule has 2 aliphatic heterocycles. The predicted molar refractivity (Wildman–Crippen MR) is 128 cm³/mol. The Morgan fingerprint density at radius 3 is 2.65 bits per heavy atom. The van der Waals surface area contributed by atoms with Crippen LogP contribution in [-0.2, 0) is 19.7 Å². The number of aliphatic hydroxyl groups excluding tert-OH is 1. The van der Waals surface area contributed by atoms with Crippen LogP contribution in [0.5, 0.6) is 17.2 Å². The van der Waals surface area contributed by atoms with Crippen molar-refractivity contribution in [2.45, 2.75) is 38.6 Å². The number of hydrogen-bond donors (Lipinski definition) is 3. The Morgan fingerprint density at radius 2 is 1.85 bits per heavy atom. The zero-order valence-corrected chi connectivity index (χ0v) is 18.9. The molecule has 0 radical (unpaired) electrons. The van der Waals surface area contributed by atoms with Gasteiger partial charge in [-0.15, -0.1) is 0 Å². The fraction of sp³-hybridized carbons (Fsp3) is 0.296. The first-order chi connectivity index (χ1) is 16.5. The highest BCUT2D eigenvalue weighted by atomic mass is 16.5. The molecule has 0 aliphatic carbocycles. The Bertz CT molecular complexity index is 1200. The maximum Gasteiger partial charge on any atom is 0.262 e. The van der Waals surface area contributed by atoms with E-state index in [4.69, 9.17) is 4.74 Å². The van der Waals surface area contributed by atoms with Gasteiger partial charge < -0.3 is 29.9 Å². The summed E-state index contributed by atoms with van der Waals surface area (Å²) in [6.07, 6.45) is 1.39. The molecule has 2 heterocycles. The summed E-state index contributed by atoms with van der Waals surface area (Å²) in [4.78, 5) is 17.4. The SMILES string of the molecule is O=C(c1c(O)cc(O)cc1OCc1ccccc1)N1Cc2cccc(N3CCCC(O)C3)c2C1. The summed E-state index contributed by atoms with van der Waals surface area (Å²) >= 11 is 0. The molecule has 0 saturated carbocycles. The standard InChI is InChI=1S/C27H28N2O5/c30-20-9-5-11-28(15-20)23-10-4-8-19-14-29(16-22(19)23)27(33)26-24(32)12-21(31)13-25(26)34-17-18-6-2-1-3-7-18/h1-4,6-8,10,12-13,20,30-32H,5,9,11,14-17H2. The number of phenols is 2. The Balaban J connectivity index is 1.40. The highest BCUT2D eigenvalue weighted by Gasteiger charge is 2.32. The van der Waals surface area contributed by atoms with Gasteiger partial charge >= 0.3 is 0 Å². The van der Waals surface area contributed by atoms with Crippen LogP contribution in [0.25, 0.3) is 0 Å². The van der Waals surface area contributed by atoms with Crippen LogP contribution in [-0.4, -0.2) is 45.3 Å². The normalized spacial score (nSPS) is 17.5. The summed E-state index contributed by atoms with van der Waals surface area (Å²) in [6, 6.07) is 18.0. The highest BCUT2D eigenvalue weighted by Crippen LogP contribution is 2.38. The van der Waals surface area contributed by atoms with Crippen LogP contribution in [0.4, 0.5) is 5.69 Å². The summed E-state index contributed by atoms with van der Waals surface area (Å²) in [6.45, 7) is 2.47. The Hall–Kier alpha value is -3.71. The number of benzene rings is 3. The second-order valence-electron chi connectivity index (χ2n) is 8.93. The van der Waals surface area contributed by atoms with Crippen molar-refractivity contribution >= 4 is 11.6 Å². The summed E-state index contributed by atoms with van der Waals surface area (Å²) < 4.78 is 5.87. The highest BCUT2D eigenvalue weighted by molar-refractivity contribution is 6.00. The molecule has 1 atom stereocenters. The average molecular weight is 461 g/mol. The van der Waals surface area contributed by atoms with Crippen LogP contribution < -0.4 is 9.64 Å². The smallest absolute Gasteiger partial charge is 0.262 e. The molecule has 5 rings (SSSR count). The Morgan fingerprint density at radius 1 is 1.03 bits per heavy atom. The van der Waals surface area contributed by atoms with E-state index in [-0.39, 0.29) is 41.4 Å². The third kappa shape index (κ3) is 4.39. The zero-order valence-electron chi connectivity index (χ0n) is 18.9. The third-order valence-electron chi connectivity index (χ3n) is 6.50. The molecular weight excluding hydrogens is 432 g/mol. The molecule has 3 aromatic carbocycles. The van der Waals surface area contributed by atoms with Crippen LogP contribution in [0.2, 0.25) is 0 Å². The fourth-order valence-corrected chi connectivity index (χ4v) is 4.83. The second kappa shape index (κ2) is 9.27. The molecular formula is C27H28N2O5. The van der Waals surface area contributed by atoms with Gasteiger partial charge in [0.05, 0.1) is 6.10 Å². The van der Waals surface area contributed by atoms with Crippen LogP contribution >= 0.6 is 0 Å². The molecule has 1 fully saturated rings. The number of nitrogens with zero attached hydrogens (tertiary/aromatic N) is 2.